The van der Waals surface area contributed by atoms with Crippen LogP contribution < -0.4 is 14.8 Å². The summed E-state index contributed by atoms with van der Waals surface area (Å²) in [5.74, 6) is -0.302. The van der Waals surface area contributed by atoms with Gasteiger partial charge in [0.15, 0.2) is 11.5 Å². The summed E-state index contributed by atoms with van der Waals surface area (Å²) in [6.07, 6.45) is 1.09. The van der Waals surface area contributed by atoms with Crippen LogP contribution in [0.4, 0.5) is 11.4 Å². The van der Waals surface area contributed by atoms with Crippen molar-refractivity contribution in [2.75, 3.05) is 12.1 Å². The number of anilines is 1. The van der Waals surface area contributed by atoms with Crippen LogP contribution in [-0.4, -0.2) is 17.6 Å². The standard InChI is InChI=1S/C17H9Cl2N3O5/c18-11-2-1-3-12(16(11)19)21-17(23)10(7-20)4-9-5-14-15(27-8-26-14)6-13(9)22(24)25/h1-6H,8H2,(H,21,23)/b10-4-. The highest BCUT2D eigenvalue weighted by molar-refractivity contribution is 6.44. The summed E-state index contributed by atoms with van der Waals surface area (Å²) in [5.41, 5.74) is -0.475. The second-order valence-corrected chi connectivity index (χ2v) is 6.03. The number of ether oxygens (including phenoxy) is 2. The summed E-state index contributed by atoms with van der Waals surface area (Å²) in [7, 11) is 0. The van der Waals surface area contributed by atoms with E-state index in [9.17, 15) is 20.2 Å². The SMILES string of the molecule is N#C/C(=C/c1cc2c(cc1[N+](=O)[O-])OCO2)C(=O)Nc1cccc(Cl)c1Cl. The van der Waals surface area contributed by atoms with Gasteiger partial charge >= 0.3 is 0 Å². The number of hydrogen-bond donors (Lipinski definition) is 1. The first-order valence-corrected chi connectivity index (χ1v) is 8.11. The molecule has 0 saturated carbocycles. The Morgan fingerprint density at radius 2 is 2.00 bits per heavy atom. The van der Waals surface area contributed by atoms with E-state index in [1.807, 2.05) is 0 Å². The predicted molar refractivity (Wildman–Crippen MR) is 97.9 cm³/mol. The van der Waals surface area contributed by atoms with Gasteiger partial charge in [0.1, 0.15) is 11.6 Å². The Balaban J connectivity index is 1.97. The van der Waals surface area contributed by atoms with Crippen LogP contribution in [0.5, 0.6) is 11.5 Å². The van der Waals surface area contributed by atoms with Gasteiger partial charge in [-0.15, -0.1) is 0 Å². The number of benzene rings is 2. The van der Waals surface area contributed by atoms with Crippen LogP contribution in [0.15, 0.2) is 35.9 Å². The van der Waals surface area contributed by atoms with Crippen LogP contribution in [0, 0.1) is 21.4 Å². The Bertz CT molecular complexity index is 1030. The molecule has 2 aromatic carbocycles. The molecule has 0 atom stereocenters. The van der Waals surface area contributed by atoms with E-state index < -0.39 is 10.8 Å². The summed E-state index contributed by atoms with van der Waals surface area (Å²) in [5, 5.41) is 23.4. The van der Waals surface area contributed by atoms with Gasteiger partial charge in [-0.1, -0.05) is 29.3 Å². The fourth-order valence-corrected chi connectivity index (χ4v) is 2.66. The zero-order valence-corrected chi connectivity index (χ0v) is 14.9. The lowest BCUT2D eigenvalue weighted by molar-refractivity contribution is -0.385. The van der Waals surface area contributed by atoms with E-state index >= 15 is 0 Å². The van der Waals surface area contributed by atoms with Gasteiger partial charge < -0.3 is 14.8 Å². The minimum atomic E-state index is -0.798. The van der Waals surface area contributed by atoms with Gasteiger partial charge in [0.2, 0.25) is 6.79 Å². The number of nitrogens with one attached hydrogen (secondary N) is 1. The van der Waals surface area contributed by atoms with Crippen LogP contribution >= 0.6 is 23.2 Å². The Kier molecular flexibility index (Phi) is 5.16. The smallest absolute Gasteiger partial charge is 0.280 e. The highest BCUT2D eigenvalue weighted by atomic mass is 35.5. The molecule has 0 unspecified atom stereocenters. The molecule has 0 aromatic heterocycles. The average Bonchev–Trinajstić information content (AvgIpc) is 3.09. The molecule has 136 valence electrons. The molecule has 10 heteroatoms. The average molecular weight is 406 g/mol. The van der Waals surface area contributed by atoms with Gasteiger partial charge in [-0.3, -0.25) is 14.9 Å². The van der Waals surface area contributed by atoms with Crippen molar-refractivity contribution in [1.82, 2.24) is 0 Å². The third kappa shape index (κ3) is 3.79. The van der Waals surface area contributed by atoms with Crippen molar-refractivity contribution >= 4 is 46.6 Å². The molecule has 0 aliphatic carbocycles. The number of fused-ring (bicyclic) bond motifs is 1. The van der Waals surface area contributed by atoms with Gasteiger partial charge in [0.25, 0.3) is 11.6 Å². The van der Waals surface area contributed by atoms with Crippen LogP contribution in [-0.2, 0) is 4.79 Å². The molecule has 1 N–H and O–H groups in total. The van der Waals surface area contributed by atoms with Crippen molar-refractivity contribution in [3.8, 4) is 17.6 Å². The number of nitrogens with zero attached hydrogens (tertiary/aromatic N) is 2. The molecule has 3 rings (SSSR count). The van der Waals surface area contributed by atoms with Gasteiger partial charge in [0.05, 0.1) is 32.3 Å². The minimum absolute atomic E-state index is 0.0214. The number of nitro benzene ring substituents is 1. The molecule has 0 saturated heterocycles. The van der Waals surface area contributed by atoms with E-state index in [-0.39, 0.29) is 50.8 Å². The van der Waals surface area contributed by atoms with Crippen molar-refractivity contribution in [3.63, 3.8) is 0 Å². The molecule has 1 aliphatic heterocycles. The zero-order chi connectivity index (χ0) is 19.6. The Labute approximate surface area is 162 Å². The highest BCUT2D eigenvalue weighted by Crippen LogP contribution is 2.39. The van der Waals surface area contributed by atoms with Crippen molar-refractivity contribution in [2.24, 2.45) is 0 Å². The second-order valence-electron chi connectivity index (χ2n) is 5.25. The number of nitriles is 1. The molecular weight excluding hydrogens is 397 g/mol. The van der Waals surface area contributed by atoms with Crippen LogP contribution in [0.2, 0.25) is 10.0 Å². The Morgan fingerprint density at radius 1 is 1.30 bits per heavy atom. The topological polar surface area (TPSA) is 114 Å². The maximum atomic E-state index is 12.4. The molecule has 8 nitrogen and oxygen atoms in total. The number of halogens is 2. The van der Waals surface area contributed by atoms with Gasteiger partial charge in [-0.25, -0.2) is 0 Å². The second kappa shape index (κ2) is 7.53. The lowest BCUT2D eigenvalue weighted by Gasteiger charge is -2.07. The first-order valence-electron chi connectivity index (χ1n) is 7.36. The summed E-state index contributed by atoms with van der Waals surface area (Å²) < 4.78 is 10.3. The fraction of sp³-hybridized carbons (Fsp3) is 0.0588. The van der Waals surface area contributed by atoms with Gasteiger partial charge in [-0.05, 0) is 24.3 Å². The first kappa shape index (κ1) is 18.5. The molecular formula is C17H9Cl2N3O5. The van der Waals surface area contributed by atoms with Gasteiger partial charge in [-0.2, -0.15) is 5.26 Å². The summed E-state index contributed by atoms with van der Waals surface area (Å²) in [6.45, 7) is -0.0709. The molecule has 27 heavy (non-hydrogen) atoms. The monoisotopic (exact) mass is 405 g/mol. The number of nitro groups is 1. The molecule has 0 spiro atoms. The van der Waals surface area contributed by atoms with Crippen molar-refractivity contribution in [3.05, 3.63) is 61.6 Å². The zero-order valence-electron chi connectivity index (χ0n) is 13.4. The maximum absolute atomic E-state index is 12.4. The quantitative estimate of drug-likeness (QED) is 0.353. The Hall–Kier alpha value is -3.28. The maximum Gasteiger partial charge on any atom is 0.280 e. The van der Waals surface area contributed by atoms with E-state index in [2.05, 4.69) is 5.32 Å². The number of carbonyl (C=O) groups is 1. The normalized spacial score (nSPS) is 12.4. The third-order valence-corrected chi connectivity index (χ3v) is 4.40. The molecule has 0 radical (unpaired) electrons. The van der Waals surface area contributed by atoms with Crippen LogP contribution in [0.1, 0.15) is 5.56 Å². The number of carbonyl (C=O) groups excluding carboxylic acids is 1. The van der Waals surface area contributed by atoms with Crippen molar-refractivity contribution in [1.29, 1.82) is 5.26 Å². The Morgan fingerprint density at radius 3 is 2.67 bits per heavy atom. The van der Waals surface area contributed by atoms with Crippen molar-refractivity contribution < 1.29 is 19.2 Å². The molecule has 0 bridgehead atoms. The molecule has 1 heterocycles. The van der Waals surface area contributed by atoms with E-state index in [1.165, 1.54) is 24.3 Å². The summed E-state index contributed by atoms with van der Waals surface area (Å²) >= 11 is 11.9. The number of amides is 1. The summed E-state index contributed by atoms with van der Waals surface area (Å²) in [6, 6.07) is 8.84. The highest BCUT2D eigenvalue weighted by Gasteiger charge is 2.23. The lowest BCUT2D eigenvalue weighted by Crippen LogP contribution is -2.14. The van der Waals surface area contributed by atoms with Crippen molar-refractivity contribution in [2.45, 2.75) is 0 Å². The third-order valence-electron chi connectivity index (χ3n) is 3.58. The van der Waals surface area contributed by atoms with E-state index in [4.69, 9.17) is 32.7 Å². The van der Waals surface area contributed by atoms with E-state index in [1.54, 1.807) is 12.1 Å². The van der Waals surface area contributed by atoms with Crippen LogP contribution in [0.25, 0.3) is 6.08 Å². The number of rotatable bonds is 4. The van der Waals surface area contributed by atoms with E-state index in [0.29, 0.717) is 0 Å². The largest absolute Gasteiger partial charge is 0.454 e. The first-order chi connectivity index (χ1) is 12.9. The molecule has 1 amide bonds. The molecule has 2 aromatic rings. The van der Waals surface area contributed by atoms with Crippen LogP contribution in [0.3, 0.4) is 0 Å². The molecule has 0 fully saturated rings. The fourth-order valence-electron chi connectivity index (χ4n) is 2.31. The van der Waals surface area contributed by atoms with E-state index in [0.717, 1.165) is 6.08 Å². The predicted octanol–water partition coefficient (Wildman–Crippen LogP) is 4.18. The lowest BCUT2D eigenvalue weighted by atomic mass is 10.1. The number of hydrogen-bond acceptors (Lipinski definition) is 6. The van der Waals surface area contributed by atoms with Gasteiger partial charge in [0, 0.05) is 0 Å². The summed E-state index contributed by atoms with van der Waals surface area (Å²) in [4.78, 5) is 23.1. The molecule has 1 aliphatic rings. The minimum Gasteiger partial charge on any atom is -0.454 e.